The Bertz CT molecular complexity index is 473. The molecule has 0 spiro atoms. The largest absolute Gasteiger partial charge is 0.380 e. The molecule has 1 aromatic carbocycles. The Morgan fingerprint density at radius 2 is 1.91 bits per heavy atom. The van der Waals surface area contributed by atoms with Crippen molar-refractivity contribution in [3.8, 4) is 0 Å². The number of carbonyl (C=O) groups excluding carboxylic acids is 1. The standard InChI is InChI=1S/C16H24FN3O2/c1-2-22-12-11-19-7-9-20(10-8-19)15(16(18)21)13-3-5-14(17)6-4-13/h3-6,15H,2,7-12H2,1H3,(H2,18,21)/t15-/m1/s1. The fourth-order valence-corrected chi connectivity index (χ4v) is 2.78. The lowest BCUT2D eigenvalue weighted by atomic mass is 10.0. The molecule has 1 aromatic rings. The first-order chi connectivity index (χ1) is 10.6. The summed E-state index contributed by atoms with van der Waals surface area (Å²) in [4.78, 5) is 16.2. The molecule has 1 saturated heterocycles. The van der Waals surface area contributed by atoms with E-state index in [0.717, 1.165) is 51.5 Å². The normalized spacial score (nSPS) is 18.3. The molecule has 1 fully saturated rings. The van der Waals surface area contributed by atoms with E-state index in [-0.39, 0.29) is 5.82 Å². The summed E-state index contributed by atoms with van der Waals surface area (Å²) >= 11 is 0. The Morgan fingerprint density at radius 3 is 2.45 bits per heavy atom. The fraction of sp³-hybridized carbons (Fsp3) is 0.562. The molecule has 1 heterocycles. The SMILES string of the molecule is CCOCCN1CCN([C@@H](C(N)=O)c2ccc(F)cc2)CC1. The molecule has 1 aliphatic heterocycles. The number of ether oxygens (including phenoxy) is 1. The van der Waals surface area contributed by atoms with E-state index in [1.807, 2.05) is 6.92 Å². The summed E-state index contributed by atoms with van der Waals surface area (Å²) in [7, 11) is 0. The van der Waals surface area contributed by atoms with Crippen molar-refractivity contribution < 1.29 is 13.9 Å². The quantitative estimate of drug-likeness (QED) is 0.764. The number of halogens is 1. The molecule has 0 radical (unpaired) electrons. The van der Waals surface area contributed by atoms with Crippen LogP contribution in [0.1, 0.15) is 18.5 Å². The molecule has 0 aliphatic carbocycles. The summed E-state index contributed by atoms with van der Waals surface area (Å²) in [6.07, 6.45) is 0. The van der Waals surface area contributed by atoms with Gasteiger partial charge in [-0.2, -0.15) is 0 Å². The predicted molar refractivity (Wildman–Crippen MR) is 82.8 cm³/mol. The maximum atomic E-state index is 13.0. The van der Waals surface area contributed by atoms with Crippen LogP contribution in [0.5, 0.6) is 0 Å². The lowest BCUT2D eigenvalue weighted by Crippen LogP contribution is -2.50. The summed E-state index contributed by atoms with van der Waals surface area (Å²) in [5, 5.41) is 0. The first-order valence-corrected chi connectivity index (χ1v) is 7.70. The van der Waals surface area contributed by atoms with Crippen molar-refractivity contribution in [2.24, 2.45) is 5.73 Å². The van der Waals surface area contributed by atoms with Gasteiger partial charge in [0.1, 0.15) is 11.9 Å². The van der Waals surface area contributed by atoms with E-state index in [0.29, 0.717) is 0 Å². The van der Waals surface area contributed by atoms with Gasteiger partial charge >= 0.3 is 0 Å². The summed E-state index contributed by atoms with van der Waals surface area (Å²) < 4.78 is 18.4. The third-order valence-corrected chi connectivity index (χ3v) is 3.98. The zero-order chi connectivity index (χ0) is 15.9. The molecule has 5 nitrogen and oxygen atoms in total. The van der Waals surface area contributed by atoms with Gasteiger partial charge in [-0.15, -0.1) is 0 Å². The molecule has 0 aromatic heterocycles. The van der Waals surface area contributed by atoms with Gasteiger partial charge in [0, 0.05) is 39.3 Å². The van der Waals surface area contributed by atoms with Gasteiger partial charge in [-0.25, -0.2) is 4.39 Å². The van der Waals surface area contributed by atoms with Crippen LogP contribution in [0.15, 0.2) is 24.3 Å². The van der Waals surface area contributed by atoms with Crippen LogP contribution in [-0.4, -0.2) is 61.6 Å². The summed E-state index contributed by atoms with van der Waals surface area (Å²) in [5.41, 5.74) is 6.31. The number of rotatable bonds is 7. The maximum absolute atomic E-state index is 13.0. The van der Waals surface area contributed by atoms with Crippen LogP contribution in [-0.2, 0) is 9.53 Å². The number of amides is 1. The number of nitrogens with zero attached hydrogens (tertiary/aromatic N) is 2. The molecule has 2 rings (SSSR count). The molecule has 2 N–H and O–H groups in total. The van der Waals surface area contributed by atoms with Gasteiger partial charge in [-0.05, 0) is 24.6 Å². The Kier molecular flexibility index (Phi) is 6.30. The summed E-state index contributed by atoms with van der Waals surface area (Å²) in [6.45, 7) is 7.61. The van der Waals surface area contributed by atoms with Crippen LogP contribution < -0.4 is 5.73 Å². The second-order valence-corrected chi connectivity index (χ2v) is 5.43. The third-order valence-electron chi connectivity index (χ3n) is 3.98. The van der Waals surface area contributed by atoms with Crippen molar-refractivity contribution >= 4 is 5.91 Å². The average Bonchev–Trinajstić information content (AvgIpc) is 2.51. The van der Waals surface area contributed by atoms with Gasteiger partial charge in [0.15, 0.2) is 0 Å². The van der Waals surface area contributed by atoms with E-state index in [2.05, 4.69) is 9.80 Å². The molecule has 1 atom stereocenters. The molecule has 1 aliphatic rings. The van der Waals surface area contributed by atoms with E-state index in [1.165, 1.54) is 12.1 Å². The van der Waals surface area contributed by atoms with Gasteiger partial charge in [0.25, 0.3) is 0 Å². The molecule has 0 unspecified atom stereocenters. The summed E-state index contributed by atoms with van der Waals surface area (Å²) in [5.74, 6) is -0.706. The Balaban J connectivity index is 1.94. The second kappa shape index (κ2) is 8.22. The number of hydrogen-bond acceptors (Lipinski definition) is 4. The van der Waals surface area contributed by atoms with Crippen LogP contribution in [0.3, 0.4) is 0 Å². The lowest BCUT2D eigenvalue weighted by molar-refractivity contribution is -0.124. The van der Waals surface area contributed by atoms with Crippen LogP contribution in [0, 0.1) is 5.82 Å². The van der Waals surface area contributed by atoms with E-state index >= 15 is 0 Å². The number of carbonyl (C=O) groups is 1. The first kappa shape index (κ1) is 16.9. The van der Waals surface area contributed by atoms with Crippen molar-refractivity contribution in [1.82, 2.24) is 9.80 Å². The minimum atomic E-state index is -0.491. The molecular weight excluding hydrogens is 285 g/mol. The first-order valence-electron chi connectivity index (χ1n) is 7.70. The van der Waals surface area contributed by atoms with E-state index < -0.39 is 11.9 Å². The molecule has 122 valence electrons. The zero-order valence-corrected chi connectivity index (χ0v) is 13.0. The smallest absolute Gasteiger partial charge is 0.239 e. The van der Waals surface area contributed by atoms with Crippen molar-refractivity contribution in [2.45, 2.75) is 13.0 Å². The van der Waals surface area contributed by atoms with Crippen LogP contribution in [0.2, 0.25) is 0 Å². The molecule has 1 amide bonds. The van der Waals surface area contributed by atoms with Crippen LogP contribution in [0.25, 0.3) is 0 Å². The monoisotopic (exact) mass is 309 g/mol. The molecule has 0 bridgehead atoms. The molecular formula is C16H24FN3O2. The van der Waals surface area contributed by atoms with Gasteiger partial charge in [0.05, 0.1) is 6.61 Å². The number of hydrogen-bond donors (Lipinski definition) is 1. The summed E-state index contributed by atoms with van der Waals surface area (Å²) in [6, 6.07) is 5.50. The van der Waals surface area contributed by atoms with Gasteiger partial charge < -0.3 is 10.5 Å². The van der Waals surface area contributed by atoms with Crippen LogP contribution >= 0.6 is 0 Å². The number of piperazine rings is 1. The predicted octanol–water partition coefficient (Wildman–Crippen LogP) is 1.01. The lowest BCUT2D eigenvalue weighted by Gasteiger charge is -2.38. The van der Waals surface area contributed by atoms with E-state index in [9.17, 15) is 9.18 Å². The van der Waals surface area contributed by atoms with Gasteiger partial charge in [-0.1, -0.05) is 12.1 Å². The highest BCUT2D eigenvalue weighted by Gasteiger charge is 2.28. The average molecular weight is 309 g/mol. The van der Waals surface area contributed by atoms with Gasteiger partial charge in [0.2, 0.25) is 5.91 Å². The van der Waals surface area contributed by atoms with Crippen molar-refractivity contribution in [2.75, 3.05) is 45.9 Å². The Labute approximate surface area is 130 Å². The minimum Gasteiger partial charge on any atom is -0.380 e. The topological polar surface area (TPSA) is 58.8 Å². The highest BCUT2D eigenvalue weighted by Crippen LogP contribution is 2.22. The highest BCUT2D eigenvalue weighted by molar-refractivity contribution is 5.81. The van der Waals surface area contributed by atoms with Crippen molar-refractivity contribution in [3.05, 3.63) is 35.6 Å². The number of nitrogens with two attached hydrogens (primary N) is 1. The van der Waals surface area contributed by atoms with E-state index in [1.54, 1.807) is 12.1 Å². The minimum absolute atomic E-state index is 0.312. The zero-order valence-electron chi connectivity index (χ0n) is 13.0. The van der Waals surface area contributed by atoms with Crippen molar-refractivity contribution in [1.29, 1.82) is 0 Å². The second-order valence-electron chi connectivity index (χ2n) is 5.43. The molecule has 6 heteroatoms. The third kappa shape index (κ3) is 4.50. The maximum Gasteiger partial charge on any atom is 0.239 e. The van der Waals surface area contributed by atoms with E-state index in [4.69, 9.17) is 10.5 Å². The molecule has 0 saturated carbocycles. The molecule has 22 heavy (non-hydrogen) atoms. The Morgan fingerprint density at radius 1 is 1.27 bits per heavy atom. The number of benzene rings is 1. The van der Waals surface area contributed by atoms with Crippen molar-refractivity contribution in [3.63, 3.8) is 0 Å². The fourth-order valence-electron chi connectivity index (χ4n) is 2.78. The number of primary amides is 1. The highest BCUT2D eigenvalue weighted by atomic mass is 19.1. The Hall–Kier alpha value is -1.50. The van der Waals surface area contributed by atoms with Crippen LogP contribution in [0.4, 0.5) is 4.39 Å². The van der Waals surface area contributed by atoms with Gasteiger partial charge in [-0.3, -0.25) is 14.6 Å².